The van der Waals surface area contributed by atoms with Crippen LogP contribution < -0.4 is 11.1 Å². The van der Waals surface area contributed by atoms with Crippen LogP contribution >= 0.6 is 12.4 Å². The largest absolute Gasteiger partial charge is 0.416 e. The molecule has 0 aliphatic heterocycles. The highest BCUT2D eigenvalue weighted by atomic mass is 35.5. The first kappa shape index (κ1) is 21.7. The van der Waals surface area contributed by atoms with Gasteiger partial charge in [0.25, 0.3) is 0 Å². The Balaban J connectivity index is 0.00000484. The zero-order valence-electron chi connectivity index (χ0n) is 13.5. The summed E-state index contributed by atoms with van der Waals surface area (Å²) in [7, 11) is 0. The van der Waals surface area contributed by atoms with E-state index in [9.17, 15) is 18.0 Å². The Hall–Kier alpha value is -1.27. The van der Waals surface area contributed by atoms with E-state index in [1.165, 1.54) is 12.1 Å². The SMILES string of the molecule is CC(C)CC(C)(CN)NC(=O)Cc1ccc(C(F)(F)F)cc1.Cl. The van der Waals surface area contributed by atoms with Crippen LogP contribution in [0.4, 0.5) is 13.2 Å². The predicted molar refractivity (Wildman–Crippen MR) is 87.5 cm³/mol. The van der Waals surface area contributed by atoms with Crippen molar-refractivity contribution >= 4 is 18.3 Å². The van der Waals surface area contributed by atoms with E-state index in [0.29, 0.717) is 18.0 Å². The summed E-state index contributed by atoms with van der Waals surface area (Å²) in [5.74, 6) is 0.133. The van der Waals surface area contributed by atoms with Gasteiger partial charge in [-0.15, -0.1) is 12.4 Å². The molecule has 1 rings (SSSR count). The number of benzene rings is 1. The number of alkyl halides is 3. The van der Waals surface area contributed by atoms with Crippen LogP contribution in [0.5, 0.6) is 0 Å². The van der Waals surface area contributed by atoms with Crippen LogP contribution in [0.15, 0.2) is 24.3 Å². The number of rotatable bonds is 6. The van der Waals surface area contributed by atoms with Gasteiger partial charge in [0.15, 0.2) is 0 Å². The number of halogens is 4. The average molecular weight is 353 g/mol. The van der Waals surface area contributed by atoms with E-state index in [1.54, 1.807) is 0 Å². The summed E-state index contributed by atoms with van der Waals surface area (Å²) in [4.78, 5) is 12.1. The minimum atomic E-state index is -4.36. The Morgan fingerprint density at radius 3 is 2.13 bits per heavy atom. The van der Waals surface area contributed by atoms with Gasteiger partial charge in [-0.2, -0.15) is 13.2 Å². The van der Waals surface area contributed by atoms with Crippen LogP contribution in [0.2, 0.25) is 0 Å². The van der Waals surface area contributed by atoms with Gasteiger partial charge in [0.2, 0.25) is 5.91 Å². The van der Waals surface area contributed by atoms with E-state index in [4.69, 9.17) is 5.73 Å². The van der Waals surface area contributed by atoms with Crippen molar-refractivity contribution in [2.75, 3.05) is 6.54 Å². The molecule has 1 aromatic carbocycles. The lowest BCUT2D eigenvalue weighted by Crippen LogP contribution is -2.52. The van der Waals surface area contributed by atoms with Crippen LogP contribution in [-0.4, -0.2) is 18.0 Å². The fraction of sp³-hybridized carbons (Fsp3) is 0.562. The summed E-state index contributed by atoms with van der Waals surface area (Å²) in [5, 5.41) is 2.88. The van der Waals surface area contributed by atoms with Crippen molar-refractivity contribution < 1.29 is 18.0 Å². The molecule has 7 heteroatoms. The van der Waals surface area contributed by atoms with Gasteiger partial charge in [0, 0.05) is 12.1 Å². The van der Waals surface area contributed by atoms with Gasteiger partial charge in [-0.25, -0.2) is 0 Å². The van der Waals surface area contributed by atoms with Gasteiger partial charge in [0.05, 0.1) is 12.0 Å². The Morgan fingerprint density at radius 1 is 1.22 bits per heavy atom. The summed E-state index contributed by atoms with van der Waals surface area (Å²) >= 11 is 0. The third-order valence-electron chi connectivity index (χ3n) is 3.40. The van der Waals surface area contributed by atoms with Crippen molar-refractivity contribution in [2.24, 2.45) is 11.7 Å². The standard InChI is InChI=1S/C16H23F3N2O.ClH/c1-11(2)9-15(3,10-20)21-14(22)8-12-4-6-13(7-5-12)16(17,18)19;/h4-7,11H,8-10,20H2,1-3H3,(H,21,22);1H. The van der Waals surface area contributed by atoms with Crippen LogP contribution in [0, 0.1) is 5.92 Å². The number of hydrogen-bond donors (Lipinski definition) is 2. The fourth-order valence-electron chi connectivity index (χ4n) is 2.46. The molecule has 0 saturated carbocycles. The molecule has 0 aliphatic carbocycles. The quantitative estimate of drug-likeness (QED) is 0.822. The van der Waals surface area contributed by atoms with Crippen molar-refractivity contribution in [3.05, 3.63) is 35.4 Å². The molecule has 0 spiro atoms. The molecule has 0 saturated heterocycles. The van der Waals surface area contributed by atoms with Crippen LogP contribution in [-0.2, 0) is 17.4 Å². The second-order valence-electron chi connectivity index (χ2n) is 6.28. The first-order valence-electron chi connectivity index (χ1n) is 7.23. The zero-order chi connectivity index (χ0) is 17.0. The van der Waals surface area contributed by atoms with Gasteiger partial charge in [-0.1, -0.05) is 26.0 Å². The molecule has 0 heterocycles. The lowest BCUT2D eigenvalue weighted by atomic mass is 9.90. The maximum absolute atomic E-state index is 12.5. The van der Waals surface area contributed by atoms with E-state index in [-0.39, 0.29) is 24.7 Å². The molecule has 1 aromatic rings. The summed E-state index contributed by atoms with van der Waals surface area (Å²) in [5.41, 5.74) is 5.04. The lowest BCUT2D eigenvalue weighted by Gasteiger charge is -2.31. The van der Waals surface area contributed by atoms with Crippen molar-refractivity contribution in [3.63, 3.8) is 0 Å². The molecule has 1 amide bonds. The van der Waals surface area contributed by atoms with Gasteiger partial charge in [0.1, 0.15) is 0 Å². The monoisotopic (exact) mass is 352 g/mol. The van der Waals surface area contributed by atoms with Crippen LogP contribution in [0.3, 0.4) is 0 Å². The maximum Gasteiger partial charge on any atom is 0.416 e. The molecule has 1 atom stereocenters. The van der Waals surface area contributed by atoms with Crippen LogP contribution in [0.1, 0.15) is 38.3 Å². The molecule has 3 N–H and O–H groups in total. The lowest BCUT2D eigenvalue weighted by molar-refractivity contribution is -0.137. The summed E-state index contributed by atoms with van der Waals surface area (Å²) in [6, 6.07) is 4.62. The molecule has 0 aromatic heterocycles. The summed E-state index contributed by atoms with van der Waals surface area (Å²) in [6.45, 7) is 6.26. The topological polar surface area (TPSA) is 55.1 Å². The second-order valence-corrected chi connectivity index (χ2v) is 6.28. The molecule has 1 unspecified atom stereocenters. The molecule has 0 aliphatic rings. The van der Waals surface area contributed by atoms with Crippen LogP contribution in [0.25, 0.3) is 0 Å². The Labute approximate surface area is 141 Å². The normalized spacial score (nSPS) is 14.1. The smallest absolute Gasteiger partial charge is 0.349 e. The third kappa shape index (κ3) is 7.22. The zero-order valence-corrected chi connectivity index (χ0v) is 14.4. The van der Waals surface area contributed by atoms with Crippen molar-refractivity contribution in [3.8, 4) is 0 Å². The minimum absolute atomic E-state index is 0. The summed E-state index contributed by atoms with van der Waals surface area (Å²) in [6.07, 6.45) is -3.59. The highest BCUT2D eigenvalue weighted by Crippen LogP contribution is 2.29. The average Bonchev–Trinajstić information content (AvgIpc) is 2.37. The molecular formula is C16H24ClF3N2O. The van der Waals surface area contributed by atoms with Gasteiger partial charge >= 0.3 is 6.18 Å². The van der Waals surface area contributed by atoms with Gasteiger partial charge in [-0.3, -0.25) is 4.79 Å². The van der Waals surface area contributed by atoms with Gasteiger partial charge in [-0.05, 0) is 37.0 Å². The number of nitrogens with one attached hydrogen (secondary N) is 1. The Morgan fingerprint density at radius 2 is 1.74 bits per heavy atom. The number of amides is 1. The molecular weight excluding hydrogens is 329 g/mol. The van der Waals surface area contributed by atoms with E-state index < -0.39 is 17.3 Å². The predicted octanol–water partition coefficient (Wildman–Crippen LogP) is 3.55. The van der Waals surface area contributed by atoms with Crippen molar-refractivity contribution in [1.82, 2.24) is 5.32 Å². The molecule has 132 valence electrons. The number of hydrogen-bond acceptors (Lipinski definition) is 2. The number of nitrogens with two attached hydrogens (primary N) is 1. The van der Waals surface area contributed by atoms with E-state index >= 15 is 0 Å². The van der Waals surface area contributed by atoms with E-state index in [0.717, 1.165) is 18.6 Å². The van der Waals surface area contributed by atoms with E-state index in [1.807, 2.05) is 20.8 Å². The minimum Gasteiger partial charge on any atom is -0.349 e. The Bertz CT molecular complexity index is 503. The first-order chi connectivity index (χ1) is 10.1. The Kier molecular flexibility index (Phi) is 8.07. The number of carbonyl (C=O) groups excluding carboxylic acids is 1. The van der Waals surface area contributed by atoms with E-state index in [2.05, 4.69) is 5.32 Å². The first-order valence-corrected chi connectivity index (χ1v) is 7.23. The molecule has 0 radical (unpaired) electrons. The fourth-order valence-corrected chi connectivity index (χ4v) is 2.46. The molecule has 3 nitrogen and oxygen atoms in total. The highest BCUT2D eigenvalue weighted by molar-refractivity contribution is 5.85. The molecule has 23 heavy (non-hydrogen) atoms. The highest BCUT2D eigenvalue weighted by Gasteiger charge is 2.30. The third-order valence-corrected chi connectivity index (χ3v) is 3.40. The maximum atomic E-state index is 12.5. The van der Waals surface area contributed by atoms with Gasteiger partial charge < -0.3 is 11.1 Å². The number of carbonyl (C=O) groups is 1. The van der Waals surface area contributed by atoms with Crippen molar-refractivity contribution in [1.29, 1.82) is 0 Å². The molecule has 0 fully saturated rings. The molecule has 0 bridgehead atoms. The summed E-state index contributed by atoms with van der Waals surface area (Å²) < 4.78 is 37.4. The second kappa shape index (κ2) is 8.55. The van der Waals surface area contributed by atoms with Crippen molar-refractivity contribution in [2.45, 2.75) is 45.3 Å².